The Morgan fingerprint density at radius 3 is 0.794 bits per heavy atom. The molecule has 12 heteroatoms. The van der Waals surface area contributed by atoms with Crippen molar-refractivity contribution >= 4 is 35.7 Å². The van der Waals surface area contributed by atoms with Crippen molar-refractivity contribution in [1.82, 2.24) is 0 Å². The lowest BCUT2D eigenvalue weighted by atomic mass is 10.2. The second-order valence-corrected chi connectivity index (χ2v) is 12.9. The molecule has 0 radical (unpaired) electrons. The molecule has 3 N–H and O–H groups in total. The number of nitrogens with zero attached hydrogens (tertiary/aromatic N) is 3. The van der Waals surface area contributed by atoms with E-state index < -0.39 is 0 Å². The Bertz CT molecular complexity index is 2080. The summed E-state index contributed by atoms with van der Waals surface area (Å²) in [5, 5.41) is 30.2. The predicted octanol–water partition coefficient (Wildman–Crippen LogP) is 11.8. The molecular formula is C51H57N3O9. The smallest absolute Gasteiger partial charge is 0.166 e. The molecule has 0 spiro atoms. The Morgan fingerprint density at radius 1 is 0.333 bits per heavy atom. The summed E-state index contributed by atoms with van der Waals surface area (Å²) in [7, 11) is 0. The molecule has 0 aliphatic rings. The van der Waals surface area contributed by atoms with E-state index in [0.717, 1.165) is 34.3 Å². The Balaban J connectivity index is 0.000000207. The van der Waals surface area contributed by atoms with E-state index in [2.05, 4.69) is 15.0 Å². The number of hydrogen-bond donors (Lipinski definition) is 3. The number of phenolic OH excluding ortho intramolecular Hbond substituents is 3. The molecule has 0 aliphatic carbocycles. The lowest BCUT2D eigenvalue weighted by Crippen LogP contribution is -1.93. The van der Waals surface area contributed by atoms with Crippen LogP contribution >= 0.6 is 0 Å². The fraction of sp³-hybridized carbons (Fsp3) is 0.235. The summed E-state index contributed by atoms with van der Waals surface area (Å²) in [5.41, 5.74) is 4.23. The zero-order valence-corrected chi connectivity index (χ0v) is 36.7. The number of aromatic hydroxyl groups is 3. The van der Waals surface area contributed by atoms with Gasteiger partial charge in [0, 0.05) is 35.3 Å². The zero-order valence-electron chi connectivity index (χ0n) is 36.7. The van der Waals surface area contributed by atoms with Gasteiger partial charge < -0.3 is 43.7 Å². The van der Waals surface area contributed by atoms with Crippen molar-refractivity contribution in [3.05, 3.63) is 144 Å². The van der Waals surface area contributed by atoms with Crippen LogP contribution in [-0.2, 0) is 0 Å². The van der Waals surface area contributed by atoms with Crippen LogP contribution in [0.15, 0.2) is 142 Å². The van der Waals surface area contributed by atoms with Crippen LogP contribution in [0.4, 0.5) is 17.1 Å². The minimum absolute atomic E-state index is 0.106. The lowest BCUT2D eigenvalue weighted by molar-refractivity contribution is 0.318. The van der Waals surface area contributed by atoms with Crippen LogP contribution in [0.3, 0.4) is 0 Å². The third-order valence-electron chi connectivity index (χ3n) is 8.49. The minimum Gasteiger partial charge on any atom is -0.504 e. The average Bonchev–Trinajstić information content (AvgIpc) is 3.30. The number of aliphatic imine (C=N–C) groups is 3. The average molecular weight is 856 g/mol. The largest absolute Gasteiger partial charge is 0.504 e. The number of benzene rings is 6. The normalized spacial score (nSPS) is 10.8. The van der Waals surface area contributed by atoms with Crippen LogP contribution in [-0.4, -0.2) is 73.6 Å². The summed E-state index contributed by atoms with van der Waals surface area (Å²) in [5.74, 6) is 4.17. The number of hydrogen-bond acceptors (Lipinski definition) is 12. The van der Waals surface area contributed by atoms with Crippen LogP contribution in [0.25, 0.3) is 0 Å². The monoisotopic (exact) mass is 855 g/mol. The maximum absolute atomic E-state index is 10.1. The molecular weight excluding hydrogens is 799 g/mol. The third kappa shape index (κ3) is 15.8. The van der Waals surface area contributed by atoms with E-state index in [4.69, 9.17) is 28.4 Å². The van der Waals surface area contributed by atoms with Gasteiger partial charge in [0.25, 0.3) is 0 Å². The molecule has 0 heterocycles. The lowest BCUT2D eigenvalue weighted by Gasteiger charge is -2.07. The molecule has 0 saturated heterocycles. The zero-order chi connectivity index (χ0) is 45.2. The van der Waals surface area contributed by atoms with Gasteiger partial charge in [0.05, 0.1) is 56.7 Å². The van der Waals surface area contributed by atoms with E-state index in [0.29, 0.717) is 73.6 Å². The summed E-state index contributed by atoms with van der Waals surface area (Å²) in [4.78, 5) is 13.0. The van der Waals surface area contributed by atoms with E-state index in [-0.39, 0.29) is 17.2 Å². The van der Waals surface area contributed by atoms with Gasteiger partial charge in [-0.15, -0.1) is 0 Å². The van der Waals surface area contributed by atoms with Crippen molar-refractivity contribution in [2.45, 2.75) is 41.5 Å². The molecule has 6 aromatic carbocycles. The summed E-state index contributed by atoms with van der Waals surface area (Å²) in [6.07, 6.45) is 4.86. The molecule has 0 amide bonds. The fourth-order valence-corrected chi connectivity index (χ4v) is 5.56. The first-order chi connectivity index (χ1) is 30.7. The SMILES string of the molecule is CCOc1ccc(N=Cc2cccc(OCC)c2O)cc1.CCOc1ccc(N=Cc2cccc(OCC)c2O)cc1.CCOc1ccc(N=Cc2cccc(OCC)c2O)cc1. The van der Waals surface area contributed by atoms with E-state index in [1.54, 1.807) is 55.0 Å². The molecule has 0 saturated carbocycles. The van der Waals surface area contributed by atoms with Crippen molar-refractivity contribution in [3.8, 4) is 51.7 Å². The molecule has 0 unspecified atom stereocenters. The van der Waals surface area contributed by atoms with Gasteiger partial charge in [-0.25, -0.2) is 0 Å². The third-order valence-corrected chi connectivity index (χ3v) is 8.49. The molecule has 6 rings (SSSR count). The Morgan fingerprint density at radius 2 is 0.571 bits per heavy atom. The minimum atomic E-state index is 0.106. The van der Waals surface area contributed by atoms with Gasteiger partial charge in [0.15, 0.2) is 34.5 Å². The maximum atomic E-state index is 10.1. The molecule has 330 valence electrons. The number of rotatable bonds is 18. The van der Waals surface area contributed by atoms with Gasteiger partial charge in [-0.1, -0.05) is 18.2 Å². The quantitative estimate of drug-likeness (QED) is 0.0717. The van der Waals surface area contributed by atoms with Crippen LogP contribution in [0.1, 0.15) is 58.2 Å². The molecule has 6 aromatic rings. The molecule has 12 nitrogen and oxygen atoms in total. The van der Waals surface area contributed by atoms with Crippen molar-refractivity contribution in [2.75, 3.05) is 39.6 Å². The van der Waals surface area contributed by atoms with E-state index in [9.17, 15) is 15.3 Å². The van der Waals surface area contributed by atoms with E-state index in [1.807, 2.05) is 133 Å². The van der Waals surface area contributed by atoms with Crippen molar-refractivity contribution in [1.29, 1.82) is 0 Å². The van der Waals surface area contributed by atoms with Crippen LogP contribution in [0, 0.1) is 0 Å². The highest BCUT2D eigenvalue weighted by atomic mass is 16.5. The summed E-state index contributed by atoms with van der Waals surface area (Å²) < 4.78 is 32.2. The number of ether oxygens (including phenoxy) is 6. The number of phenols is 3. The molecule has 0 bridgehead atoms. The summed E-state index contributed by atoms with van der Waals surface area (Å²) in [6.45, 7) is 14.9. The van der Waals surface area contributed by atoms with Gasteiger partial charge in [-0.3, -0.25) is 15.0 Å². The highest BCUT2D eigenvalue weighted by Gasteiger charge is 2.08. The summed E-state index contributed by atoms with van der Waals surface area (Å²) >= 11 is 0. The molecule has 63 heavy (non-hydrogen) atoms. The second kappa shape index (κ2) is 26.7. The molecule has 0 aliphatic heterocycles. The maximum Gasteiger partial charge on any atom is 0.166 e. The highest BCUT2D eigenvalue weighted by molar-refractivity contribution is 5.88. The fourth-order valence-electron chi connectivity index (χ4n) is 5.56. The molecule has 0 aromatic heterocycles. The Hall–Kier alpha value is -7.47. The first-order valence-electron chi connectivity index (χ1n) is 20.9. The van der Waals surface area contributed by atoms with Crippen LogP contribution < -0.4 is 28.4 Å². The van der Waals surface area contributed by atoms with E-state index >= 15 is 0 Å². The van der Waals surface area contributed by atoms with Crippen LogP contribution in [0.2, 0.25) is 0 Å². The number of para-hydroxylation sites is 3. The van der Waals surface area contributed by atoms with Crippen LogP contribution in [0.5, 0.6) is 51.7 Å². The standard InChI is InChI=1S/3C17H19NO3/c3*1-3-20-15-10-8-14(9-11-15)18-12-13-6-5-7-16(17(13)19)21-4-2/h3*5-12,19H,3-4H2,1-2H3. The van der Waals surface area contributed by atoms with Crippen molar-refractivity contribution < 1.29 is 43.7 Å². The Kier molecular flexibility index (Phi) is 20.4. The Labute approximate surface area is 370 Å². The van der Waals surface area contributed by atoms with Gasteiger partial charge >= 0.3 is 0 Å². The second-order valence-electron chi connectivity index (χ2n) is 12.9. The molecule has 0 fully saturated rings. The highest BCUT2D eigenvalue weighted by Crippen LogP contribution is 2.31. The van der Waals surface area contributed by atoms with Gasteiger partial charge in [-0.05, 0) is 151 Å². The van der Waals surface area contributed by atoms with Crippen molar-refractivity contribution in [3.63, 3.8) is 0 Å². The van der Waals surface area contributed by atoms with E-state index in [1.165, 1.54) is 0 Å². The first kappa shape index (κ1) is 48.2. The molecule has 0 atom stereocenters. The first-order valence-corrected chi connectivity index (χ1v) is 20.9. The van der Waals surface area contributed by atoms with Gasteiger partial charge in [0.1, 0.15) is 17.2 Å². The van der Waals surface area contributed by atoms with Gasteiger partial charge in [0.2, 0.25) is 0 Å². The predicted molar refractivity (Wildman–Crippen MR) is 252 cm³/mol. The topological polar surface area (TPSA) is 153 Å². The van der Waals surface area contributed by atoms with Crippen molar-refractivity contribution in [2.24, 2.45) is 15.0 Å². The summed E-state index contributed by atoms with van der Waals surface area (Å²) in [6, 6.07) is 38.4. The van der Waals surface area contributed by atoms with Gasteiger partial charge in [-0.2, -0.15) is 0 Å².